The summed E-state index contributed by atoms with van der Waals surface area (Å²) >= 11 is 0. The van der Waals surface area contributed by atoms with Gasteiger partial charge >= 0.3 is 12.5 Å². The van der Waals surface area contributed by atoms with E-state index in [-0.39, 0.29) is 5.82 Å². The number of nitrogens with zero attached hydrogens (tertiary/aromatic N) is 4. The third kappa shape index (κ3) is 2.88. The normalized spacial score (nSPS) is 15.9. The second-order valence-corrected chi connectivity index (χ2v) is 5.47. The summed E-state index contributed by atoms with van der Waals surface area (Å²) in [5, 5.41) is 12.9. The summed E-state index contributed by atoms with van der Waals surface area (Å²) in [4.78, 5) is 15.9. The maximum absolute atomic E-state index is 12.6. The van der Waals surface area contributed by atoms with Crippen molar-refractivity contribution in [2.45, 2.75) is 31.2 Å². The molecule has 0 spiro atoms. The Balaban J connectivity index is 1.70. The van der Waals surface area contributed by atoms with Crippen LogP contribution in [0.4, 0.5) is 19.4 Å². The summed E-state index contributed by atoms with van der Waals surface area (Å²) < 4.78 is 36.2. The molecule has 0 aromatic carbocycles. The molecule has 1 saturated carbocycles. The third-order valence-corrected chi connectivity index (χ3v) is 3.90. The summed E-state index contributed by atoms with van der Waals surface area (Å²) in [5.41, 5.74) is -0.903. The zero-order chi connectivity index (χ0) is 17.3. The van der Waals surface area contributed by atoms with Gasteiger partial charge in [-0.2, -0.15) is 18.9 Å². The van der Waals surface area contributed by atoms with Gasteiger partial charge in [-0.15, -0.1) is 0 Å². The van der Waals surface area contributed by atoms with E-state index in [0.29, 0.717) is 24.5 Å². The quantitative estimate of drug-likeness (QED) is 0.860. The van der Waals surface area contributed by atoms with Crippen molar-refractivity contribution < 1.29 is 22.8 Å². The highest BCUT2D eigenvalue weighted by Gasteiger charge is 2.45. The van der Waals surface area contributed by atoms with E-state index in [1.54, 1.807) is 13.1 Å². The predicted octanol–water partition coefficient (Wildman–Crippen LogP) is 1.95. The van der Waals surface area contributed by atoms with Gasteiger partial charge in [0, 0.05) is 13.1 Å². The molecule has 2 aromatic rings. The number of anilines is 1. The van der Waals surface area contributed by atoms with Crippen LogP contribution in [0.25, 0.3) is 0 Å². The Hall–Kier alpha value is -2.72. The number of nitrogens with one attached hydrogen (secondary N) is 2. The lowest BCUT2D eigenvalue weighted by molar-refractivity contribution is 0.106. The summed E-state index contributed by atoms with van der Waals surface area (Å²) in [5.74, 6) is 0.0665. The number of halogens is 2. The lowest BCUT2D eigenvalue weighted by Gasteiger charge is -2.39. The number of rotatable bonds is 5. The fourth-order valence-corrected chi connectivity index (χ4v) is 2.52. The number of aryl methyl sites for hydroxylation is 1. The highest BCUT2D eigenvalue weighted by atomic mass is 19.3. The summed E-state index contributed by atoms with van der Waals surface area (Å²) in [7, 11) is 3.15. The van der Waals surface area contributed by atoms with E-state index < -0.39 is 23.9 Å². The van der Waals surface area contributed by atoms with Gasteiger partial charge in [0.2, 0.25) is 5.88 Å². The molecular formula is C13H16F2N6O3. The molecule has 3 rings (SSSR count). The molecule has 1 aliphatic rings. The maximum Gasteiger partial charge on any atom is 0.321 e. The molecule has 0 radical (unpaired) electrons. The summed E-state index contributed by atoms with van der Waals surface area (Å²) in [6.45, 7) is 0. The van der Waals surface area contributed by atoms with Crippen molar-refractivity contribution in [2.75, 3.05) is 12.4 Å². The van der Waals surface area contributed by atoms with Crippen molar-refractivity contribution in [3.05, 3.63) is 17.8 Å². The third-order valence-electron chi connectivity index (χ3n) is 3.90. The zero-order valence-electron chi connectivity index (χ0n) is 13.0. The van der Waals surface area contributed by atoms with Crippen molar-refractivity contribution in [2.24, 2.45) is 7.05 Å². The van der Waals surface area contributed by atoms with Crippen LogP contribution in [-0.4, -0.2) is 33.1 Å². The number of methoxy groups -OCH3 is 1. The lowest BCUT2D eigenvalue weighted by Crippen LogP contribution is -2.52. The Kier molecular flexibility index (Phi) is 4.08. The van der Waals surface area contributed by atoms with Gasteiger partial charge in [0.25, 0.3) is 5.89 Å². The summed E-state index contributed by atoms with van der Waals surface area (Å²) in [6, 6.07) is 1.01. The van der Waals surface area contributed by atoms with Crippen molar-refractivity contribution in [3.63, 3.8) is 0 Å². The van der Waals surface area contributed by atoms with Gasteiger partial charge in [-0.1, -0.05) is 5.16 Å². The Labute approximate surface area is 135 Å². The number of ether oxygens (including phenoxy) is 1. The van der Waals surface area contributed by atoms with Gasteiger partial charge in [0.15, 0.2) is 11.6 Å². The average Bonchev–Trinajstić information content (AvgIpc) is 3.10. The molecular weight excluding hydrogens is 326 g/mol. The molecule has 1 fully saturated rings. The van der Waals surface area contributed by atoms with Crippen LogP contribution in [-0.2, 0) is 12.6 Å². The Morgan fingerprint density at radius 1 is 1.50 bits per heavy atom. The minimum atomic E-state index is -2.85. The van der Waals surface area contributed by atoms with E-state index >= 15 is 0 Å². The van der Waals surface area contributed by atoms with Crippen LogP contribution in [0, 0.1) is 0 Å². The molecule has 0 atom stereocenters. The molecule has 2 aromatic heterocycles. The number of carbonyl (C=O) groups is 1. The molecule has 2 heterocycles. The van der Waals surface area contributed by atoms with Gasteiger partial charge in [0.1, 0.15) is 5.54 Å². The highest BCUT2D eigenvalue weighted by molar-refractivity contribution is 5.89. The standard InChI is InChI=1S/C13H16F2N6O3/c1-21-8(23-2)6-7(19-21)16-12(22)18-13(4-3-5-13)11-17-10(9(14)15)24-20-11/h6,9H,3-5H2,1-2H3,(H2,16,18,19,22). The van der Waals surface area contributed by atoms with Crippen LogP contribution < -0.4 is 15.4 Å². The second kappa shape index (κ2) is 6.06. The molecule has 0 unspecified atom stereocenters. The number of amides is 2. The van der Waals surface area contributed by atoms with Crippen molar-refractivity contribution in [3.8, 4) is 5.88 Å². The van der Waals surface area contributed by atoms with E-state index in [9.17, 15) is 13.6 Å². The highest BCUT2D eigenvalue weighted by Crippen LogP contribution is 2.40. The molecule has 11 heteroatoms. The number of urea groups is 1. The molecule has 0 bridgehead atoms. The number of hydrogen-bond acceptors (Lipinski definition) is 6. The van der Waals surface area contributed by atoms with Crippen LogP contribution in [0.2, 0.25) is 0 Å². The number of aromatic nitrogens is 4. The van der Waals surface area contributed by atoms with Crippen LogP contribution in [0.15, 0.2) is 10.6 Å². The summed E-state index contributed by atoms with van der Waals surface area (Å²) in [6.07, 6.45) is -0.961. The van der Waals surface area contributed by atoms with E-state index in [4.69, 9.17) is 4.74 Å². The molecule has 130 valence electrons. The maximum atomic E-state index is 12.6. The van der Waals surface area contributed by atoms with Gasteiger partial charge in [0.05, 0.1) is 7.11 Å². The fourth-order valence-electron chi connectivity index (χ4n) is 2.52. The van der Waals surface area contributed by atoms with Gasteiger partial charge in [-0.25, -0.2) is 9.48 Å². The van der Waals surface area contributed by atoms with Crippen LogP contribution >= 0.6 is 0 Å². The zero-order valence-corrected chi connectivity index (χ0v) is 13.0. The first-order valence-corrected chi connectivity index (χ1v) is 7.23. The van der Waals surface area contributed by atoms with Gasteiger partial charge in [-0.3, -0.25) is 5.32 Å². The SMILES string of the molecule is COc1cc(NC(=O)NC2(c3noc(C(F)F)n3)CCC2)nn1C. The minimum absolute atomic E-state index is 0.0535. The number of alkyl halides is 2. The average molecular weight is 342 g/mol. The molecule has 2 amide bonds. The Morgan fingerprint density at radius 3 is 2.75 bits per heavy atom. The second-order valence-electron chi connectivity index (χ2n) is 5.47. The van der Waals surface area contributed by atoms with Crippen molar-refractivity contribution >= 4 is 11.8 Å². The predicted molar refractivity (Wildman–Crippen MR) is 76.7 cm³/mol. The molecule has 9 nitrogen and oxygen atoms in total. The van der Waals surface area contributed by atoms with Crippen LogP contribution in [0.3, 0.4) is 0 Å². The number of hydrogen-bond donors (Lipinski definition) is 2. The smallest absolute Gasteiger partial charge is 0.321 e. The van der Waals surface area contributed by atoms with E-state index in [1.165, 1.54) is 11.8 Å². The van der Waals surface area contributed by atoms with Crippen LogP contribution in [0.5, 0.6) is 5.88 Å². The number of carbonyl (C=O) groups excluding carboxylic acids is 1. The molecule has 24 heavy (non-hydrogen) atoms. The first kappa shape index (κ1) is 16.1. The van der Waals surface area contributed by atoms with Gasteiger partial charge < -0.3 is 14.6 Å². The van der Waals surface area contributed by atoms with Crippen molar-refractivity contribution in [1.29, 1.82) is 0 Å². The molecule has 2 N–H and O–H groups in total. The molecule has 0 saturated heterocycles. The Bertz CT molecular complexity index is 740. The fraction of sp³-hybridized carbons (Fsp3) is 0.538. The Morgan fingerprint density at radius 2 is 2.25 bits per heavy atom. The van der Waals surface area contributed by atoms with E-state index in [1.807, 2.05) is 0 Å². The largest absolute Gasteiger partial charge is 0.481 e. The van der Waals surface area contributed by atoms with Crippen LogP contribution in [0.1, 0.15) is 37.4 Å². The molecule has 1 aliphatic carbocycles. The monoisotopic (exact) mass is 342 g/mol. The van der Waals surface area contributed by atoms with Gasteiger partial charge in [-0.05, 0) is 19.3 Å². The first-order chi connectivity index (χ1) is 11.4. The lowest BCUT2D eigenvalue weighted by atomic mass is 9.76. The molecule has 0 aliphatic heterocycles. The first-order valence-electron chi connectivity index (χ1n) is 7.23. The minimum Gasteiger partial charge on any atom is -0.481 e. The van der Waals surface area contributed by atoms with E-state index in [2.05, 4.69) is 30.4 Å². The topological polar surface area (TPSA) is 107 Å². The van der Waals surface area contributed by atoms with E-state index in [0.717, 1.165) is 6.42 Å². The van der Waals surface area contributed by atoms with Crippen molar-refractivity contribution in [1.82, 2.24) is 25.2 Å².